The first-order valence-electron chi connectivity index (χ1n) is 7.98. The molecule has 1 amide bonds. The first-order valence-corrected chi connectivity index (χ1v) is 7.98. The van der Waals surface area contributed by atoms with Gasteiger partial charge in [-0.15, -0.1) is 0 Å². The summed E-state index contributed by atoms with van der Waals surface area (Å²) in [6.07, 6.45) is 0. The lowest BCUT2D eigenvalue weighted by molar-refractivity contribution is 0.102. The largest absolute Gasteiger partial charge is 0.493 e. The average Bonchev–Trinajstić information content (AvgIpc) is 3.17. The minimum absolute atomic E-state index is 0.139. The van der Waals surface area contributed by atoms with Crippen LogP contribution in [0.3, 0.4) is 0 Å². The third kappa shape index (κ3) is 3.70. The lowest BCUT2D eigenvalue weighted by Crippen LogP contribution is -2.12. The number of nitrogens with one attached hydrogen (secondary N) is 1. The van der Waals surface area contributed by atoms with Gasteiger partial charge in [-0.25, -0.2) is 0 Å². The van der Waals surface area contributed by atoms with Crippen molar-refractivity contribution in [2.45, 2.75) is 6.61 Å². The van der Waals surface area contributed by atoms with Crippen LogP contribution in [-0.4, -0.2) is 25.2 Å². The van der Waals surface area contributed by atoms with Crippen LogP contribution in [0.15, 0.2) is 59.0 Å². The highest BCUT2D eigenvalue weighted by Crippen LogP contribution is 2.28. The second-order valence-corrected chi connectivity index (χ2v) is 5.53. The van der Waals surface area contributed by atoms with Gasteiger partial charge in [-0.2, -0.15) is 0 Å². The fraction of sp³-hybridized carbons (Fsp3) is 0.150. The minimum Gasteiger partial charge on any atom is -0.493 e. The molecule has 3 aromatic rings. The number of hydrogen-bond acceptors (Lipinski definition) is 5. The standard InChI is InChI=1S/C20H19NO5/c1-24-18-9-5-14(11-19(18)25-2)20(23)21-15-6-3-13(4-7-15)17-10-8-16(12-22)26-17/h3-11,22H,12H2,1-2H3,(H,21,23). The van der Waals surface area contributed by atoms with E-state index in [4.69, 9.17) is 19.0 Å². The molecule has 2 N–H and O–H groups in total. The molecular weight excluding hydrogens is 334 g/mol. The molecule has 0 aliphatic heterocycles. The molecule has 0 aliphatic carbocycles. The van der Waals surface area contributed by atoms with Crippen LogP contribution in [0.25, 0.3) is 11.3 Å². The normalized spacial score (nSPS) is 10.4. The van der Waals surface area contributed by atoms with E-state index in [2.05, 4.69) is 5.32 Å². The summed E-state index contributed by atoms with van der Waals surface area (Å²) >= 11 is 0. The van der Waals surface area contributed by atoms with Crippen LogP contribution in [0.4, 0.5) is 5.69 Å². The summed E-state index contributed by atoms with van der Waals surface area (Å²) in [6.45, 7) is -0.139. The first kappa shape index (κ1) is 17.6. The van der Waals surface area contributed by atoms with Gasteiger partial charge in [0.05, 0.1) is 14.2 Å². The maximum absolute atomic E-state index is 12.4. The lowest BCUT2D eigenvalue weighted by Gasteiger charge is -2.10. The smallest absolute Gasteiger partial charge is 0.255 e. The van der Waals surface area contributed by atoms with Gasteiger partial charge in [-0.1, -0.05) is 0 Å². The molecular formula is C20H19NO5. The molecule has 134 valence electrons. The van der Waals surface area contributed by atoms with Gasteiger partial charge in [0.2, 0.25) is 0 Å². The minimum atomic E-state index is -0.251. The number of methoxy groups -OCH3 is 2. The Hall–Kier alpha value is -3.25. The molecule has 2 aromatic carbocycles. The zero-order valence-electron chi connectivity index (χ0n) is 14.5. The summed E-state index contributed by atoms with van der Waals surface area (Å²) in [7, 11) is 3.07. The van der Waals surface area contributed by atoms with Crippen molar-refractivity contribution < 1.29 is 23.8 Å². The van der Waals surface area contributed by atoms with E-state index in [0.717, 1.165) is 5.56 Å². The molecule has 0 spiro atoms. The predicted octanol–water partition coefficient (Wildman–Crippen LogP) is 3.71. The maximum Gasteiger partial charge on any atom is 0.255 e. The number of furan rings is 1. The SMILES string of the molecule is COc1ccc(C(=O)Nc2ccc(-c3ccc(CO)o3)cc2)cc1OC. The number of amides is 1. The average molecular weight is 353 g/mol. The molecule has 0 radical (unpaired) electrons. The fourth-order valence-corrected chi connectivity index (χ4v) is 2.52. The second-order valence-electron chi connectivity index (χ2n) is 5.53. The third-order valence-corrected chi connectivity index (χ3v) is 3.89. The number of ether oxygens (including phenoxy) is 2. The molecule has 26 heavy (non-hydrogen) atoms. The predicted molar refractivity (Wildman–Crippen MR) is 97.6 cm³/mol. The Morgan fingerprint density at radius 3 is 2.35 bits per heavy atom. The maximum atomic E-state index is 12.4. The summed E-state index contributed by atoms with van der Waals surface area (Å²) in [6, 6.07) is 15.8. The van der Waals surface area contributed by atoms with E-state index in [0.29, 0.717) is 34.3 Å². The van der Waals surface area contributed by atoms with Crippen LogP contribution in [0.5, 0.6) is 11.5 Å². The number of aliphatic hydroxyl groups is 1. The summed E-state index contributed by atoms with van der Waals surface area (Å²) in [5.74, 6) is 1.97. The fourth-order valence-electron chi connectivity index (χ4n) is 2.52. The van der Waals surface area contributed by atoms with Gasteiger partial charge >= 0.3 is 0 Å². The van der Waals surface area contributed by atoms with Crippen molar-refractivity contribution in [3.63, 3.8) is 0 Å². The van der Waals surface area contributed by atoms with E-state index in [1.807, 2.05) is 12.1 Å². The van der Waals surface area contributed by atoms with Crippen LogP contribution in [-0.2, 0) is 6.61 Å². The van der Waals surface area contributed by atoms with E-state index in [1.165, 1.54) is 7.11 Å². The summed E-state index contributed by atoms with van der Waals surface area (Å²) in [5.41, 5.74) is 1.97. The van der Waals surface area contributed by atoms with Gasteiger partial charge in [0.1, 0.15) is 18.1 Å². The van der Waals surface area contributed by atoms with Gasteiger partial charge in [0.15, 0.2) is 11.5 Å². The van der Waals surface area contributed by atoms with E-state index in [-0.39, 0.29) is 12.5 Å². The quantitative estimate of drug-likeness (QED) is 0.706. The Kier molecular flexibility index (Phi) is 5.24. The molecule has 1 aromatic heterocycles. The third-order valence-electron chi connectivity index (χ3n) is 3.89. The van der Waals surface area contributed by atoms with Crippen molar-refractivity contribution in [1.29, 1.82) is 0 Å². The van der Waals surface area contributed by atoms with E-state index < -0.39 is 0 Å². The van der Waals surface area contributed by atoms with Crippen molar-refractivity contribution in [3.8, 4) is 22.8 Å². The highest BCUT2D eigenvalue weighted by atomic mass is 16.5. The number of carbonyl (C=O) groups is 1. The number of benzene rings is 2. The van der Waals surface area contributed by atoms with E-state index in [9.17, 15) is 4.79 Å². The molecule has 0 fully saturated rings. The van der Waals surface area contributed by atoms with Crippen LogP contribution in [0.2, 0.25) is 0 Å². The van der Waals surface area contributed by atoms with Gasteiger partial charge < -0.3 is 24.3 Å². The summed E-state index contributed by atoms with van der Waals surface area (Å²) in [4.78, 5) is 12.4. The Balaban J connectivity index is 1.73. The number of carbonyl (C=O) groups excluding carboxylic acids is 1. The first-order chi connectivity index (χ1) is 12.6. The molecule has 1 heterocycles. The highest BCUT2D eigenvalue weighted by Gasteiger charge is 2.11. The summed E-state index contributed by atoms with van der Waals surface area (Å²) < 4.78 is 15.9. The Morgan fingerprint density at radius 1 is 1.00 bits per heavy atom. The Morgan fingerprint density at radius 2 is 1.73 bits per heavy atom. The zero-order valence-corrected chi connectivity index (χ0v) is 14.5. The molecule has 0 aliphatic rings. The van der Waals surface area contributed by atoms with Crippen LogP contribution < -0.4 is 14.8 Å². The second kappa shape index (κ2) is 7.76. The Labute approximate surface area is 151 Å². The van der Waals surface area contributed by atoms with Crippen molar-refractivity contribution >= 4 is 11.6 Å². The molecule has 0 atom stereocenters. The highest BCUT2D eigenvalue weighted by molar-refractivity contribution is 6.04. The van der Waals surface area contributed by atoms with Crippen molar-refractivity contribution in [3.05, 3.63) is 65.9 Å². The van der Waals surface area contributed by atoms with Gasteiger partial charge in [-0.05, 0) is 54.6 Å². The Bertz CT molecular complexity index is 899. The molecule has 0 saturated heterocycles. The van der Waals surface area contributed by atoms with E-state index in [1.54, 1.807) is 49.6 Å². The molecule has 0 saturated carbocycles. The molecule has 0 bridgehead atoms. The van der Waals surface area contributed by atoms with Gasteiger partial charge in [0, 0.05) is 16.8 Å². The topological polar surface area (TPSA) is 80.9 Å². The lowest BCUT2D eigenvalue weighted by atomic mass is 10.1. The molecule has 6 heteroatoms. The number of anilines is 1. The van der Waals surface area contributed by atoms with E-state index >= 15 is 0 Å². The van der Waals surface area contributed by atoms with Gasteiger partial charge in [0.25, 0.3) is 5.91 Å². The van der Waals surface area contributed by atoms with Crippen LogP contribution in [0.1, 0.15) is 16.1 Å². The number of rotatable bonds is 6. The van der Waals surface area contributed by atoms with Crippen molar-refractivity contribution in [1.82, 2.24) is 0 Å². The van der Waals surface area contributed by atoms with Crippen LogP contribution >= 0.6 is 0 Å². The molecule has 3 rings (SSSR count). The zero-order chi connectivity index (χ0) is 18.5. The van der Waals surface area contributed by atoms with Gasteiger partial charge in [-0.3, -0.25) is 4.79 Å². The van der Waals surface area contributed by atoms with Crippen molar-refractivity contribution in [2.75, 3.05) is 19.5 Å². The number of aliphatic hydroxyl groups excluding tert-OH is 1. The number of hydrogen-bond donors (Lipinski definition) is 2. The van der Waals surface area contributed by atoms with Crippen LogP contribution in [0, 0.1) is 0 Å². The molecule has 6 nitrogen and oxygen atoms in total. The summed E-state index contributed by atoms with van der Waals surface area (Å²) in [5, 5.41) is 11.9. The van der Waals surface area contributed by atoms with Crippen molar-refractivity contribution in [2.24, 2.45) is 0 Å². The monoisotopic (exact) mass is 353 g/mol. The molecule has 0 unspecified atom stereocenters.